The number of halogens is 2. The molecule has 0 unspecified atom stereocenters. The van der Waals surface area contributed by atoms with Crippen molar-refractivity contribution in [3.63, 3.8) is 0 Å². The minimum Gasteiger partial charge on any atom is -0.372 e. The van der Waals surface area contributed by atoms with Crippen LogP contribution in [-0.4, -0.2) is 31.6 Å². The van der Waals surface area contributed by atoms with Crippen LogP contribution in [0.1, 0.15) is 50.5 Å². The van der Waals surface area contributed by atoms with Crippen LogP contribution in [-0.2, 0) is 11.2 Å². The monoisotopic (exact) mass is 374 g/mol. The van der Waals surface area contributed by atoms with Crippen molar-refractivity contribution in [3.8, 4) is 5.69 Å². The van der Waals surface area contributed by atoms with Crippen LogP contribution in [0.15, 0.2) is 35.0 Å². The Morgan fingerprint density at radius 2 is 1.96 bits per heavy atom. The largest absolute Gasteiger partial charge is 0.372 e. The van der Waals surface area contributed by atoms with Gasteiger partial charge in [0.25, 0.3) is 0 Å². The van der Waals surface area contributed by atoms with Gasteiger partial charge < -0.3 is 9.26 Å². The second-order valence-corrected chi connectivity index (χ2v) is 7.66. The van der Waals surface area contributed by atoms with Gasteiger partial charge in [0, 0.05) is 6.20 Å². The van der Waals surface area contributed by atoms with Gasteiger partial charge in [-0.3, -0.25) is 0 Å². The average Bonchev–Trinajstić information content (AvgIpc) is 2.97. The second-order valence-electron chi connectivity index (χ2n) is 7.66. The van der Waals surface area contributed by atoms with E-state index in [-0.39, 0.29) is 23.3 Å². The zero-order valence-electron chi connectivity index (χ0n) is 15.3. The van der Waals surface area contributed by atoms with E-state index in [0.29, 0.717) is 23.8 Å². The van der Waals surface area contributed by atoms with E-state index < -0.39 is 11.6 Å². The second kappa shape index (κ2) is 6.53. The lowest BCUT2D eigenvalue weighted by molar-refractivity contribution is -0.0188. The number of ether oxygens (including phenoxy) is 1. The number of nitrogens with zero attached hydrogens (tertiary/aromatic N) is 4. The molecule has 8 heteroatoms. The van der Waals surface area contributed by atoms with Crippen molar-refractivity contribution in [1.82, 2.24) is 19.9 Å². The number of para-hydroxylation sites is 1. The SMILES string of the molecule is CC(C)(C)O[C@@H]1C[C@H]1c1nc(Cc2ccn(-c3c(F)cccc3F)n2)no1. The molecule has 0 spiro atoms. The Balaban J connectivity index is 1.44. The van der Waals surface area contributed by atoms with Crippen LogP contribution >= 0.6 is 0 Å². The molecule has 27 heavy (non-hydrogen) atoms. The van der Waals surface area contributed by atoms with Gasteiger partial charge in [-0.2, -0.15) is 10.1 Å². The molecular formula is C19H20F2N4O2. The number of hydrogen-bond acceptors (Lipinski definition) is 5. The predicted octanol–water partition coefficient (Wildman–Crippen LogP) is 3.80. The van der Waals surface area contributed by atoms with E-state index in [2.05, 4.69) is 15.2 Å². The summed E-state index contributed by atoms with van der Waals surface area (Å²) < 4.78 is 40.2. The minimum atomic E-state index is -0.676. The minimum absolute atomic E-state index is 0.0986. The van der Waals surface area contributed by atoms with Crippen molar-refractivity contribution in [2.45, 2.75) is 51.2 Å². The average molecular weight is 374 g/mol. The summed E-state index contributed by atoms with van der Waals surface area (Å²) in [5.41, 5.74) is 0.165. The van der Waals surface area contributed by atoms with Crippen molar-refractivity contribution < 1.29 is 18.0 Å². The normalized spacial score (nSPS) is 19.4. The molecule has 142 valence electrons. The summed E-state index contributed by atoms with van der Waals surface area (Å²) >= 11 is 0. The maximum absolute atomic E-state index is 13.9. The first-order valence-electron chi connectivity index (χ1n) is 8.79. The van der Waals surface area contributed by atoms with Crippen molar-refractivity contribution in [2.24, 2.45) is 0 Å². The van der Waals surface area contributed by atoms with E-state index in [0.717, 1.165) is 6.42 Å². The molecule has 2 atom stereocenters. The molecule has 4 rings (SSSR count). The highest BCUT2D eigenvalue weighted by Crippen LogP contribution is 2.44. The van der Waals surface area contributed by atoms with Gasteiger partial charge in [0.2, 0.25) is 5.89 Å². The molecule has 6 nitrogen and oxygen atoms in total. The van der Waals surface area contributed by atoms with Crippen LogP contribution in [0.5, 0.6) is 0 Å². The maximum atomic E-state index is 13.9. The quantitative estimate of drug-likeness (QED) is 0.680. The van der Waals surface area contributed by atoms with E-state index in [1.54, 1.807) is 6.07 Å². The zero-order valence-corrected chi connectivity index (χ0v) is 15.3. The predicted molar refractivity (Wildman–Crippen MR) is 92.6 cm³/mol. The van der Waals surface area contributed by atoms with Gasteiger partial charge in [-0.05, 0) is 45.4 Å². The Kier molecular flexibility index (Phi) is 4.30. The fraction of sp³-hybridized carbons (Fsp3) is 0.421. The summed E-state index contributed by atoms with van der Waals surface area (Å²) in [6.45, 7) is 6.03. The molecule has 1 aromatic carbocycles. The fourth-order valence-electron chi connectivity index (χ4n) is 2.96. The molecule has 1 aliphatic rings. The third kappa shape index (κ3) is 3.90. The highest BCUT2D eigenvalue weighted by Gasteiger charge is 2.45. The third-order valence-electron chi connectivity index (χ3n) is 4.19. The highest BCUT2D eigenvalue weighted by molar-refractivity contribution is 5.34. The number of benzene rings is 1. The van der Waals surface area contributed by atoms with Crippen LogP contribution in [0.3, 0.4) is 0 Å². The van der Waals surface area contributed by atoms with Crippen LogP contribution in [0.4, 0.5) is 8.78 Å². The summed E-state index contributed by atoms with van der Waals surface area (Å²) in [6, 6.07) is 5.37. The molecule has 1 saturated carbocycles. The Morgan fingerprint density at radius 3 is 2.67 bits per heavy atom. The molecule has 0 saturated heterocycles. The van der Waals surface area contributed by atoms with Crippen LogP contribution in [0, 0.1) is 11.6 Å². The first-order valence-corrected chi connectivity index (χ1v) is 8.79. The van der Waals surface area contributed by atoms with Gasteiger partial charge in [-0.25, -0.2) is 13.5 Å². The van der Waals surface area contributed by atoms with Gasteiger partial charge in [-0.15, -0.1) is 0 Å². The third-order valence-corrected chi connectivity index (χ3v) is 4.19. The van der Waals surface area contributed by atoms with E-state index >= 15 is 0 Å². The van der Waals surface area contributed by atoms with Crippen LogP contribution in [0.2, 0.25) is 0 Å². The van der Waals surface area contributed by atoms with Gasteiger partial charge in [-0.1, -0.05) is 11.2 Å². The fourth-order valence-corrected chi connectivity index (χ4v) is 2.96. The Bertz CT molecular complexity index is 941. The Labute approximate surface area is 155 Å². The molecule has 0 amide bonds. The molecule has 2 heterocycles. The lowest BCUT2D eigenvalue weighted by Crippen LogP contribution is -2.21. The van der Waals surface area contributed by atoms with Gasteiger partial charge >= 0.3 is 0 Å². The van der Waals surface area contributed by atoms with Gasteiger partial charge in [0.1, 0.15) is 5.69 Å². The number of rotatable bonds is 5. The molecule has 3 aromatic rings. The Hall–Kier alpha value is -2.61. The molecule has 1 fully saturated rings. The molecule has 0 bridgehead atoms. The first kappa shape index (κ1) is 17.8. The molecule has 0 radical (unpaired) electrons. The van der Waals surface area contributed by atoms with E-state index in [1.807, 2.05) is 20.8 Å². The maximum Gasteiger partial charge on any atom is 0.232 e. The lowest BCUT2D eigenvalue weighted by Gasteiger charge is -2.19. The summed E-state index contributed by atoms with van der Waals surface area (Å²) in [7, 11) is 0. The molecular weight excluding hydrogens is 354 g/mol. The summed E-state index contributed by atoms with van der Waals surface area (Å²) in [5.74, 6) is -0.199. The zero-order chi connectivity index (χ0) is 19.2. The van der Waals surface area contributed by atoms with Crippen molar-refractivity contribution in [3.05, 3.63) is 59.5 Å². The first-order chi connectivity index (χ1) is 12.8. The van der Waals surface area contributed by atoms with Crippen molar-refractivity contribution in [2.75, 3.05) is 0 Å². The topological polar surface area (TPSA) is 66.0 Å². The molecule has 1 aliphatic carbocycles. The number of hydrogen-bond donors (Lipinski definition) is 0. The van der Waals surface area contributed by atoms with E-state index in [4.69, 9.17) is 9.26 Å². The summed E-state index contributed by atoms with van der Waals surface area (Å²) in [4.78, 5) is 4.41. The smallest absolute Gasteiger partial charge is 0.232 e. The van der Waals surface area contributed by atoms with Gasteiger partial charge in [0.15, 0.2) is 17.5 Å². The molecule has 0 aliphatic heterocycles. The standard InChI is InChI=1S/C19H20F2N4O2/c1-19(2,3)26-15-10-12(15)18-22-16(24-27-18)9-11-7-8-25(23-11)17-13(20)5-4-6-14(17)21/h4-8,12,15H,9-10H2,1-3H3/t12-,15-/m1/s1. The van der Waals surface area contributed by atoms with Crippen molar-refractivity contribution in [1.29, 1.82) is 0 Å². The summed E-state index contributed by atoms with van der Waals surface area (Å²) in [5, 5.41) is 8.20. The highest BCUT2D eigenvalue weighted by atomic mass is 19.1. The lowest BCUT2D eigenvalue weighted by atomic mass is 10.2. The van der Waals surface area contributed by atoms with Crippen LogP contribution < -0.4 is 0 Å². The number of aromatic nitrogens is 4. The van der Waals surface area contributed by atoms with E-state index in [9.17, 15) is 8.78 Å². The Morgan fingerprint density at radius 1 is 1.22 bits per heavy atom. The van der Waals surface area contributed by atoms with Crippen LogP contribution in [0.25, 0.3) is 5.69 Å². The van der Waals surface area contributed by atoms with Crippen molar-refractivity contribution >= 4 is 0 Å². The molecule has 0 N–H and O–H groups in total. The van der Waals surface area contributed by atoms with E-state index in [1.165, 1.54) is 29.1 Å². The summed E-state index contributed by atoms with van der Waals surface area (Å²) in [6.07, 6.45) is 2.78. The van der Waals surface area contributed by atoms with Gasteiger partial charge in [0.05, 0.1) is 29.7 Å². The molecule has 2 aromatic heterocycles.